The Morgan fingerprint density at radius 3 is 2.54 bits per heavy atom. The van der Waals surface area contributed by atoms with E-state index in [0.29, 0.717) is 17.7 Å². The van der Waals surface area contributed by atoms with Crippen LogP contribution >= 0.6 is 0 Å². The Morgan fingerprint density at radius 1 is 1.00 bits per heavy atom. The van der Waals surface area contributed by atoms with Gasteiger partial charge in [-0.05, 0) is 66.9 Å². The highest BCUT2D eigenvalue weighted by molar-refractivity contribution is 5.91. The molecule has 0 fully saturated rings. The molecule has 2 heterocycles. The molecule has 35 heavy (non-hydrogen) atoms. The number of benzene rings is 2. The smallest absolute Gasteiger partial charge is 0.350 e. The monoisotopic (exact) mass is 473 g/mol. The number of nitrogens with one attached hydrogen (secondary N) is 1. The Labute approximate surface area is 200 Å². The van der Waals surface area contributed by atoms with E-state index >= 15 is 0 Å². The molecular formula is C26H24FN5O3. The lowest BCUT2D eigenvalue weighted by atomic mass is 10.1. The molecule has 2 aromatic carbocycles. The standard InChI is InChI=1S/C26H24FN5O3/c1-17-9-10-22(14-18(17)2)32-26(35)31(16-19-6-5-7-20(27)15-19)25(34)23(30-32)24(33)29-13-11-21-8-3-4-12-28-21/h3-10,12,14-15H,11,13,16H2,1-2H3,(H,29,33). The molecule has 0 unspecified atom stereocenters. The highest BCUT2D eigenvalue weighted by Crippen LogP contribution is 2.12. The average Bonchev–Trinajstić information content (AvgIpc) is 2.84. The lowest BCUT2D eigenvalue weighted by Crippen LogP contribution is -2.46. The molecule has 0 saturated carbocycles. The van der Waals surface area contributed by atoms with E-state index in [0.717, 1.165) is 26.1 Å². The van der Waals surface area contributed by atoms with Gasteiger partial charge in [0.1, 0.15) is 5.82 Å². The number of amides is 1. The number of pyridine rings is 1. The predicted molar refractivity (Wildman–Crippen MR) is 129 cm³/mol. The summed E-state index contributed by atoms with van der Waals surface area (Å²) in [6.45, 7) is 3.83. The summed E-state index contributed by atoms with van der Waals surface area (Å²) in [4.78, 5) is 43.6. The minimum absolute atomic E-state index is 0.211. The first-order valence-electron chi connectivity index (χ1n) is 11.1. The van der Waals surface area contributed by atoms with Crippen LogP contribution in [-0.2, 0) is 13.0 Å². The maximum absolute atomic E-state index is 13.7. The summed E-state index contributed by atoms with van der Waals surface area (Å²) in [7, 11) is 0. The second-order valence-electron chi connectivity index (χ2n) is 8.16. The molecule has 4 rings (SSSR count). The molecule has 0 atom stereocenters. The third-order valence-corrected chi connectivity index (χ3v) is 5.63. The van der Waals surface area contributed by atoms with Gasteiger partial charge in [0.2, 0.25) is 5.69 Å². The molecule has 0 aliphatic carbocycles. The first-order valence-corrected chi connectivity index (χ1v) is 11.1. The summed E-state index contributed by atoms with van der Waals surface area (Å²) in [5.41, 5.74) is 1.52. The zero-order valence-electron chi connectivity index (χ0n) is 19.4. The van der Waals surface area contributed by atoms with Crippen molar-refractivity contribution in [2.24, 2.45) is 0 Å². The zero-order chi connectivity index (χ0) is 24.9. The molecule has 0 radical (unpaired) electrons. The van der Waals surface area contributed by atoms with Gasteiger partial charge in [0.05, 0.1) is 12.2 Å². The van der Waals surface area contributed by atoms with Crippen LogP contribution in [-0.4, -0.2) is 31.8 Å². The van der Waals surface area contributed by atoms with Crippen LogP contribution in [0.25, 0.3) is 5.69 Å². The topological polar surface area (TPSA) is 98.9 Å². The fourth-order valence-electron chi connectivity index (χ4n) is 3.57. The second-order valence-corrected chi connectivity index (χ2v) is 8.16. The predicted octanol–water partition coefficient (Wildman–Crippen LogP) is 2.57. The van der Waals surface area contributed by atoms with Gasteiger partial charge in [-0.25, -0.2) is 9.18 Å². The van der Waals surface area contributed by atoms with Crippen LogP contribution in [0, 0.1) is 19.7 Å². The van der Waals surface area contributed by atoms with E-state index in [2.05, 4.69) is 15.4 Å². The molecule has 2 aromatic heterocycles. The highest BCUT2D eigenvalue weighted by Gasteiger charge is 2.20. The van der Waals surface area contributed by atoms with E-state index < -0.39 is 28.7 Å². The zero-order valence-corrected chi connectivity index (χ0v) is 19.4. The summed E-state index contributed by atoms with van der Waals surface area (Å²) in [5, 5.41) is 6.80. The lowest BCUT2D eigenvalue weighted by Gasteiger charge is -2.13. The SMILES string of the molecule is Cc1ccc(-n2nc(C(=O)NCCc3ccccn3)c(=O)n(Cc3cccc(F)c3)c2=O)cc1C. The fraction of sp³-hybridized carbons (Fsp3) is 0.192. The van der Waals surface area contributed by atoms with Crippen LogP contribution in [0.3, 0.4) is 0 Å². The molecule has 0 saturated heterocycles. The number of halogens is 1. The van der Waals surface area contributed by atoms with E-state index in [1.165, 1.54) is 18.2 Å². The quantitative estimate of drug-likeness (QED) is 0.445. The van der Waals surface area contributed by atoms with Crippen molar-refractivity contribution in [3.63, 3.8) is 0 Å². The summed E-state index contributed by atoms with van der Waals surface area (Å²) in [5.74, 6) is -1.21. The summed E-state index contributed by atoms with van der Waals surface area (Å²) < 4.78 is 15.7. The number of aromatic nitrogens is 4. The van der Waals surface area contributed by atoms with Crippen LogP contribution in [0.1, 0.15) is 32.9 Å². The number of hydrogen-bond acceptors (Lipinski definition) is 5. The Bertz CT molecular complexity index is 1500. The Balaban J connectivity index is 1.74. The molecule has 0 aliphatic rings. The molecular weight excluding hydrogens is 449 g/mol. The van der Waals surface area contributed by atoms with Crippen molar-refractivity contribution < 1.29 is 9.18 Å². The maximum atomic E-state index is 13.7. The van der Waals surface area contributed by atoms with Gasteiger partial charge in [-0.1, -0.05) is 24.3 Å². The van der Waals surface area contributed by atoms with E-state index in [1.54, 1.807) is 30.5 Å². The molecule has 0 aliphatic heterocycles. The van der Waals surface area contributed by atoms with Gasteiger partial charge >= 0.3 is 5.69 Å². The normalized spacial score (nSPS) is 10.8. The Hall–Kier alpha value is -4.40. The Morgan fingerprint density at radius 2 is 1.83 bits per heavy atom. The molecule has 4 aromatic rings. The molecule has 9 heteroatoms. The van der Waals surface area contributed by atoms with Crippen LogP contribution in [0.15, 0.2) is 76.4 Å². The minimum Gasteiger partial charge on any atom is -0.350 e. The number of nitrogens with zero attached hydrogens (tertiary/aromatic N) is 4. The van der Waals surface area contributed by atoms with Crippen LogP contribution < -0.4 is 16.6 Å². The summed E-state index contributed by atoms with van der Waals surface area (Å²) in [6, 6.07) is 16.3. The molecule has 1 amide bonds. The Kier molecular flexibility index (Phi) is 6.96. The summed E-state index contributed by atoms with van der Waals surface area (Å²) in [6.07, 6.45) is 2.12. The fourth-order valence-corrected chi connectivity index (χ4v) is 3.57. The van der Waals surface area contributed by atoms with Crippen molar-refractivity contribution >= 4 is 5.91 Å². The van der Waals surface area contributed by atoms with Crippen LogP contribution in [0.4, 0.5) is 4.39 Å². The maximum Gasteiger partial charge on any atom is 0.352 e. The van der Waals surface area contributed by atoms with Gasteiger partial charge in [-0.3, -0.25) is 19.1 Å². The number of hydrogen-bond donors (Lipinski definition) is 1. The third-order valence-electron chi connectivity index (χ3n) is 5.63. The van der Waals surface area contributed by atoms with Gasteiger partial charge in [0.25, 0.3) is 11.5 Å². The first kappa shape index (κ1) is 23.7. The number of aryl methyl sites for hydroxylation is 2. The van der Waals surface area contributed by atoms with Gasteiger partial charge in [-0.15, -0.1) is 0 Å². The largest absolute Gasteiger partial charge is 0.352 e. The third kappa shape index (κ3) is 5.40. The van der Waals surface area contributed by atoms with Crippen molar-refractivity contribution in [3.05, 3.63) is 122 Å². The first-order chi connectivity index (χ1) is 16.8. The van der Waals surface area contributed by atoms with Crippen molar-refractivity contribution in [1.82, 2.24) is 24.6 Å². The molecule has 8 nitrogen and oxygen atoms in total. The van der Waals surface area contributed by atoms with Crippen molar-refractivity contribution in [3.8, 4) is 5.69 Å². The van der Waals surface area contributed by atoms with E-state index in [9.17, 15) is 18.8 Å². The van der Waals surface area contributed by atoms with Crippen molar-refractivity contribution in [1.29, 1.82) is 0 Å². The number of carbonyl (C=O) groups excluding carboxylic acids is 1. The van der Waals surface area contributed by atoms with Crippen LogP contribution in [0.5, 0.6) is 0 Å². The molecule has 178 valence electrons. The minimum atomic E-state index is -0.852. The van der Waals surface area contributed by atoms with Gasteiger partial charge < -0.3 is 5.32 Å². The van der Waals surface area contributed by atoms with Crippen molar-refractivity contribution in [2.45, 2.75) is 26.8 Å². The molecule has 0 bridgehead atoms. The highest BCUT2D eigenvalue weighted by atomic mass is 19.1. The van der Waals surface area contributed by atoms with Gasteiger partial charge in [0, 0.05) is 24.9 Å². The van der Waals surface area contributed by atoms with Crippen molar-refractivity contribution in [2.75, 3.05) is 6.54 Å². The molecule has 0 spiro atoms. The van der Waals surface area contributed by atoms with E-state index in [4.69, 9.17) is 0 Å². The molecule has 1 N–H and O–H groups in total. The van der Waals surface area contributed by atoms with E-state index in [1.807, 2.05) is 32.0 Å². The van der Waals surface area contributed by atoms with Crippen LogP contribution in [0.2, 0.25) is 0 Å². The number of carbonyl (C=O) groups is 1. The summed E-state index contributed by atoms with van der Waals surface area (Å²) >= 11 is 0. The van der Waals surface area contributed by atoms with Gasteiger partial charge in [0.15, 0.2) is 0 Å². The van der Waals surface area contributed by atoms with Gasteiger partial charge in [-0.2, -0.15) is 9.78 Å². The second kappa shape index (κ2) is 10.3. The van der Waals surface area contributed by atoms with E-state index in [-0.39, 0.29) is 13.1 Å². The number of rotatable bonds is 7. The average molecular weight is 474 g/mol. The lowest BCUT2D eigenvalue weighted by molar-refractivity contribution is 0.0944.